The highest BCUT2D eigenvalue weighted by atomic mass is 35.5. The summed E-state index contributed by atoms with van der Waals surface area (Å²) in [5, 5.41) is 10.4. The van der Waals surface area contributed by atoms with E-state index in [9.17, 15) is 9.90 Å². The van der Waals surface area contributed by atoms with Crippen LogP contribution < -0.4 is 0 Å². The van der Waals surface area contributed by atoms with Crippen molar-refractivity contribution in [2.24, 2.45) is 11.8 Å². The number of fused-ring (bicyclic) bond motifs is 1. The van der Waals surface area contributed by atoms with E-state index in [1.54, 1.807) is 17.0 Å². The molecular formula is C13H14Cl2N2O2. The lowest BCUT2D eigenvalue weighted by Gasteiger charge is -2.18. The van der Waals surface area contributed by atoms with Gasteiger partial charge in [-0.3, -0.25) is 4.79 Å². The summed E-state index contributed by atoms with van der Waals surface area (Å²) >= 11 is 11.8. The predicted octanol–water partition coefficient (Wildman–Crippen LogP) is 2.23. The third kappa shape index (κ3) is 2.33. The molecule has 19 heavy (non-hydrogen) atoms. The molecule has 4 nitrogen and oxygen atoms in total. The number of pyridine rings is 1. The predicted molar refractivity (Wildman–Crippen MR) is 72.4 cm³/mol. The molecule has 102 valence electrons. The van der Waals surface area contributed by atoms with Gasteiger partial charge in [0.1, 0.15) is 10.8 Å². The van der Waals surface area contributed by atoms with Gasteiger partial charge in [0.05, 0.1) is 11.1 Å². The van der Waals surface area contributed by atoms with Crippen LogP contribution in [0.3, 0.4) is 0 Å². The van der Waals surface area contributed by atoms with Crippen molar-refractivity contribution >= 4 is 29.1 Å². The average Bonchev–Trinajstić information content (AvgIpc) is 2.94. The fraction of sp³-hybridized carbons (Fsp3) is 0.538. The van der Waals surface area contributed by atoms with Gasteiger partial charge in [-0.2, -0.15) is 0 Å². The van der Waals surface area contributed by atoms with Crippen molar-refractivity contribution in [2.75, 3.05) is 13.1 Å². The molecular weight excluding hydrogens is 287 g/mol. The van der Waals surface area contributed by atoms with E-state index in [2.05, 4.69) is 4.98 Å². The van der Waals surface area contributed by atoms with E-state index in [4.69, 9.17) is 23.2 Å². The first kappa shape index (κ1) is 13.2. The molecule has 3 unspecified atom stereocenters. The highest BCUT2D eigenvalue weighted by molar-refractivity contribution is 6.34. The number of aliphatic hydroxyl groups excluding tert-OH is 1. The third-order valence-electron chi connectivity index (χ3n) is 4.12. The molecule has 1 aromatic rings. The van der Waals surface area contributed by atoms with Crippen LogP contribution >= 0.6 is 23.2 Å². The first-order chi connectivity index (χ1) is 9.06. The maximum absolute atomic E-state index is 12.4. The Morgan fingerprint density at radius 2 is 2.11 bits per heavy atom. The van der Waals surface area contributed by atoms with Crippen molar-refractivity contribution in [3.05, 3.63) is 28.0 Å². The van der Waals surface area contributed by atoms with Gasteiger partial charge in [-0.1, -0.05) is 23.2 Å². The van der Waals surface area contributed by atoms with Crippen LogP contribution in [-0.2, 0) is 0 Å². The summed E-state index contributed by atoms with van der Waals surface area (Å²) in [6.45, 7) is 1.25. The van der Waals surface area contributed by atoms with Gasteiger partial charge in [-0.05, 0) is 30.9 Å². The van der Waals surface area contributed by atoms with E-state index in [1.165, 1.54) is 0 Å². The lowest BCUT2D eigenvalue weighted by Crippen LogP contribution is -2.31. The Morgan fingerprint density at radius 3 is 2.84 bits per heavy atom. The summed E-state index contributed by atoms with van der Waals surface area (Å²) in [5.74, 6) is 0.396. The molecule has 1 amide bonds. The maximum atomic E-state index is 12.4. The molecule has 2 aliphatic rings. The Balaban J connectivity index is 1.80. The molecule has 1 saturated heterocycles. The van der Waals surface area contributed by atoms with Gasteiger partial charge in [-0.25, -0.2) is 4.98 Å². The van der Waals surface area contributed by atoms with Crippen LogP contribution in [0.15, 0.2) is 12.1 Å². The number of hydrogen-bond donors (Lipinski definition) is 1. The van der Waals surface area contributed by atoms with Gasteiger partial charge >= 0.3 is 0 Å². The van der Waals surface area contributed by atoms with E-state index in [0.29, 0.717) is 24.0 Å². The third-order valence-corrected chi connectivity index (χ3v) is 4.64. The second-order valence-corrected chi connectivity index (χ2v) is 6.04. The van der Waals surface area contributed by atoms with Gasteiger partial charge in [0.25, 0.3) is 5.91 Å². The SMILES string of the molecule is O=C(c1nc(Cl)ccc1Cl)N1CC2CCC(O)C2C1. The number of aliphatic hydroxyl groups is 1. The molecule has 0 spiro atoms. The quantitative estimate of drug-likeness (QED) is 0.809. The Bertz CT molecular complexity index is 523. The second kappa shape index (κ2) is 4.93. The Kier molecular flexibility index (Phi) is 3.41. The van der Waals surface area contributed by atoms with Crippen molar-refractivity contribution in [3.8, 4) is 0 Å². The molecule has 0 radical (unpaired) electrons. The Hall–Kier alpha value is -0.840. The first-order valence-electron chi connectivity index (χ1n) is 6.35. The zero-order valence-corrected chi connectivity index (χ0v) is 11.7. The lowest BCUT2D eigenvalue weighted by molar-refractivity contribution is 0.0747. The number of carbonyl (C=O) groups is 1. The first-order valence-corrected chi connectivity index (χ1v) is 7.11. The fourth-order valence-electron chi connectivity index (χ4n) is 3.12. The lowest BCUT2D eigenvalue weighted by atomic mass is 10.00. The van der Waals surface area contributed by atoms with Crippen LogP contribution in [-0.4, -0.2) is 40.1 Å². The number of halogens is 2. The van der Waals surface area contributed by atoms with E-state index in [-0.39, 0.29) is 28.8 Å². The Labute approximate surface area is 121 Å². The smallest absolute Gasteiger partial charge is 0.274 e. The van der Waals surface area contributed by atoms with Crippen molar-refractivity contribution < 1.29 is 9.90 Å². The van der Waals surface area contributed by atoms with Gasteiger partial charge in [0.15, 0.2) is 0 Å². The molecule has 1 saturated carbocycles. The zero-order chi connectivity index (χ0) is 13.6. The van der Waals surface area contributed by atoms with Crippen LogP contribution in [0.25, 0.3) is 0 Å². The molecule has 0 bridgehead atoms. The standard InChI is InChI=1S/C13H14Cl2N2O2/c14-9-2-4-11(15)16-12(9)13(19)17-5-7-1-3-10(18)8(7)6-17/h2,4,7-8,10,18H,1,3,5-6H2. The van der Waals surface area contributed by atoms with Gasteiger partial charge in [0.2, 0.25) is 0 Å². The van der Waals surface area contributed by atoms with Crippen LogP contribution in [0, 0.1) is 11.8 Å². The van der Waals surface area contributed by atoms with Gasteiger partial charge in [0, 0.05) is 19.0 Å². The molecule has 3 atom stereocenters. The van der Waals surface area contributed by atoms with Gasteiger partial charge in [-0.15, -0.1) is 0 Å². The summed E-state index contributed by atoms with van der Waals surface area (Å²) in [4.78, 5) is 18.1. The van der Waals surface area contributed by atoms with E-state index in [1.807, 2.05) is 0 Å². The summed E-state index contributed by atoms with van der Waals surface area (Å²) in [5.41, 5.74) is 0.198. The topological polar surface area (TPSA) is 53.4 Å². The minimum atomic E-state index is -0.286. The normalized spacial score (nSPS) is 29.6. The van der Waals surface area contributed by atoms with E-state index >= 15 is 0 Å². The number of nitrogens with zero attached hydrogens (tertiary/aromatic N) is 2. The molecule has 0 aromatic carbocycles. The monoisotopic (exact) mass is 300 g/mol. The highest BCUT2D eigenvalue weighted by Gasteiger charge is 2.43. The minimum Gasteiger partial charge on any atom is -0.393 e. The van der Waals surface area contributed by atoms with Crippen molar-refractivity contribution in [1.82, 2.24) is 9.88 Å². The van der Waals surface area contributed by atoms with Crippen molar-refractivity contribution in [2.45, 2.75) is 18.9 Å². The summed E-state index contributed by atoms with van der Waals surface area (Å²) in [6.07, 6.45) is 1.53. The van der Waals surface area contributed by atoms with Crippen molar-refractivity contribution in [1.29, 1.82) is 0 Å². The van der Waals surface area contributed by atoms with Crippen LogP contribution in [0.1, 0.15) is 23.3 Å². The van der Waals surface area contributed by atoms with Crippen LogP contribution in [0.5, 0.6) is 0 Å². The zero-order valence-electron chi connectivity index (χ0n) is 10.2. The minimum absolute atomic E-state index is 0.196. The van der Waals surface area contributed by atoms with E-state index in [0.717, 1.165) is 12.8 Å². The molecule has 1 aromatic heterocycles. The molecule has 1 aliphatic heterocycles. The van der Waals surface area contributed by atoms with Crippen LogP contribution in [0.2, 0.25) is 10.2 Å². The number of carbonyl (C=O) groups excluding carboxylic acids is 1. The molecule has 6 heteroatoms. The number of likely N-dealkylation sites (tertiary alicyclic amines) is 1. The largest absolute Gasteiger partial charge is 0.393 e. The molecule has 2 heterocycles. The highest BCUT2D eigenvalue weighted by Crippen LogP contribution is 2.38. The number of hydrogen-bond acceptors (Lipinski definition) is 3. The molecule has 1 N–H and O–H groups in total. The van der Waals surface area contributed by atoms with Crippen molar-refractivity contribution in [3.63, 3.8) is 0 Å². The average molecular weight is 301 g/mol. The molecule has 1 aliphatic carbocycles. The molecule has 2 fully saturated rings. The second-order valence-electron chi connectivity index (χ2n) is 5.24. The molecule has 3 rings (SSSR count). The van der Waals surface area contributed by atoms with Crippen LogP contribution in [0.4, 0.5) is 0 Å². The fourth-order valence-corrected chi connectivity index (χ4v) is 3.45. The summed E-state index contributed by atoms with van der Waals surface area (Å²) in [7, 11) is 0. The maximum Gasteiger partial charge on any atom is 0.274 e. The van der Waals surface area contributed by atoms with Gasteiger partial charge < -0.3 is 10.0 Å². The summed E-state index contributed by atoms with van der Waals surface area (Å²) in [6, 6.07) is 3.14. The summed E-state index contributed by atoms with van der Waals surface area (Å²) < 4.78 is 0. The van der Waals surface area contributed by atoms with E-state index < -0.39 is 0 Å². The number of rotatable bonds is 1. The Morgan fingerprint density at radius 1 is 1.32 bits per heavy atom. The number of aromatic nitrogens is 1. The number of amides is 1.